The first kappa shape index (κ1) is 22.9. The molecular formula is C21H28ClN3O4. The Kier molecular flexibility index (Phi) is 8.67. The van der Waals surface area contributed by atoms with E-state index < -0.39 is 5.97 Å². The van der Waals surface area contributed by atoms with Gasteiger partial charge in [0.05, 0.1) is 11.5 Å². The predicted molar refractivity (Wildman–Crippen MR) is 113 cm³/mol. The van der Waals surface area contributed by atoms with Gasteiger partial charge in [0.15, 0.2) is 0 Å². The maximum Gasteiger partial charge on any atom is 0.335 e. The van der Waals surface area contributed by atoms with Gasteiger partial charge in [-0.25, -0.2) is 4.79 Å². The molecule has 2 heterocycles. The molecule has 2 amide bonds. The highest BCUT2D eigenvalue weighted by atomic mass is 35.5. The lowest BCUT2D eigenvalue weighted by molar-refractivity contribution is -0.130. The van der Waals surface area contributed by atoms with Crippen molar-refractivity contribution in [3.63, 3.8) is 0 Å². The van der Waals surface area contributed by atoms with Crippen LogP contribution in [0.3, 0.4) is 0 Å². The number of aromatic carboxylic acids is 1. The summed E-state index contributed by atoms with van der Waals surface area (Å²) in [6.45, 7) is 3.06. The summed E-state index contributed by atoms with van der Waals surface area (Å²) < 4.78 is 0. The molecule has 0 spiro atoms. The van der Waals surface area contributed by atoms with E-state index in [2.05, 4.69) is 10.6 Å². The quantitative estimate of drug-likeness (QED) is 0.634. The topological polar surface area (TPSA) is 98.7 Å². The van der Waals surface area contributed by atoms with Crippen molar-refractivity contribution in [1.82, 2.24) is 10.2 Å². The molecule has 3 N–H and O–H groups in total. The molecule has 0 saturated carbocycles. The van der Waals surface area contributed by atoms with Gasteiger partial charge in [-0.1, -0.05) is 6.08 Å². The van der Waals surface area contributed by atoms with Gasteiger partial charge < -0.3 is 20.6 Å². The van der Waals surface area contributed by atoms with E-state index in [1.165, 1.54) is 12.1 Å². The second kappa shape index (κ2) is 11.0. The molecule has 2 saturated heterocycles. The van der Waals surface area contributed by atoms with Gasteiger partial charge in [-0.15, -0.1) is 12.4 Å². The van der Waals surface area contributed by atoms with Gasteiger partial charge in [0.1, 0.15) is 0 Å². The van der Waals surface area contributed by atoms with Crippen LogP contribution >= 0.6 is 12.4 Å². The Labute approximate surface area is 176 Å². The zero-order valence-corrected chi connectivity index (χ0v) is 17.1. The normalized spacial score (nSPS) is 20.1. The molecule has 0 aliphatic carbocycles. The largest absolute Gasteiger partial charge is 0.478 e. The molecule has 1 aromatic rings. The summed E-state index contributed by atoms with van der Waals surface area (Å²) in [4.78, 5) is 37.7. The third-order valence-corrected chi connectivity index (χ3v) is 5.40. The van der Waals surface area contributed by atoms with Crippen molar-refractivity contribution in [3.8, 4) is 0 Å². The number of piperidine rings is 2. The first-order valence-corrected chi connectivity index (χ1v) is 9.85. The van der Waals surface area contributed by atoms with Gasteiger partial charge in [0.25, 0.3) is 0 Å². The fourth-order valence-electron chi connectivity index (χ4n) is 3.69. The van der Waals surface area contributed by atoms with Crippen molar-refractivity contribution in [1.29, 1.82) is 0 Å². The van der Waals surface area contributed by atoms with Crippen molar-refractivity contribution in [3.05, 3.63) is 42.0 Å². The molecule has 7 nitrogen and oxygen atoms in total. The lowest BCUT2D eigenvalue weighted by Gasteiger charge is -2.31. The number of carbonyl (C=O) groups excluding carboxylic acids is 2. The van der Waals surface area contributed by atoms with E-state index in [1.807, 2.05) is 6.08 Å². The Hall–Kier alpha value is -2.38. The van der Waals surface area contributed by atoms with Crippen LogP contribution < -0.4 is 10.6 Å². The average Bonchev–Trinajstić information content (AvgIpc) is 2.73. The number of carboxylic acids is 1. The molecule has 158 valence electrons. The maximum atomic E-state index is 12.6. The number of allylic oxidation sites excluding steroid dienone is 1. The smallest absolute Gasteiger partial charge is 0.335 e. The van der Waals surface area contributed by atoms with Gasteiger partial charge in [-0.2, -0.15) is 0 Å². The van der Waals surface area contributed by atoms with Crippen LogP contribution in [0.25, 0.3) is 0 Å². The molecule has 2 aliphatic heterocycles. The van der Waals surface area contributed by atoms with Crippen molar-refractivity contribution >= 4 is 35.9 Å². The second-order valence-corrected chi connectivity index (χ2v) is 7.44. The highest BCUT2D eigenvalue weighted by Gasteiger charge is 2.27. The number of halogens is 1. The average molecular weight is 422 g/mol. The van der Waals surface area contributed by atoms with Crippen LogP contribution in [-0.4, -0.2) is 54.0 Å². The van der Waals surface area contributed by atoms with Crippen molar-refractivity contribution < 1.29 is 19.5 Å². The summed E-state index contributed by atoms with van der Waals surface area (Å²) in [5.41, 5.74) is 0.734. The Morgan fingerprint density at radius 1 is 1.10 bits per heavy atom. The molecule has 0 unspecified atom stereocenters. The van der Waals surface area contributed by atoms with Crippen LogP contribution in [0.5, 0.6) is 0 Å². The molecule has 8 heteroatoms. The van der Waals surface area contributed by atoms with E-state index >= 15 is 0 Å². The van der Waals surface area contributed by atoms with E-state index in [4.69, 9.17) is 5.11 Å². The van der Waals surface area contributed by atoms with Crippen molar-refractivity contribution in [2.45, 2.75) is 25.7 Å². The zero-order chi connectivity index (χ0) is 19.9. The van der Waals surface area contributed by atoms with Crippen molar-refractivity contribution in [2.24, 2.45) is 11.8 Å². The van der Waals surface area contributed by atoms with Gasteiger partial charge in [-0.05, 0) is 75.0 Å². The number of amides is 2. The zero-order valence-electron chi connectivity index (χ0n) is 16.3. The summed E-state index contributed by atoms with van der Waals surface area (Å²) >= 11 is 0. The molecule has 0 bridgehead atoms. The van der Waals surface area contributed by atoms with Crippen LogP contribution in [0, 0.1) is 11.8 Å². The summed E-state index contributed by atoms with van der Waals surface area (Å²) in [5.74, 6) is -0.978. The number of carbonyl (C=O) groups is 3. The highest BCUT2D eigenvalue weighted by molar-refractivity contribution is 5.95. The van der Waals surface area contributed by atoms with Crippen LogP contribution in [0.2, 0.25) is 0 Å². The number of nitrogens with zero attached hydrogens (tertiary/aromatic N) is 1. The monoisotopic (exact) mass is 421 g/mol. The first-order chi connectivity index (χ1) is 13.5. The number of anilines is 1. The Balaban J connectivity index is 0.00000300. The maximum absolute atomic E-state index is 12.6. The molecule has 2 fully saturated rings. The van der Waals surface area contributed by atoms with E-state index in [0.717, 1.165) is 38.8 Å². The predicted octanol–water partition coefficient (Wildman–Crippen LogP) is 2.54. The van der Waals surface area contributed by atoms with Gasteiger partial charge >= 0.3 is 5.97 Å². The molecule has 29 heavy (non-hydrogen) atoms. The molecule has 3 rings (SSSR count). The van der Waals surface area contributed by atoms with Gasteiger partial charge in [0.2, 0.25) is 11.8 Å². The van der Waals surface area contributed by atoms with Gasteiger partial charge in [-0.3, -0.25) is 9.59 Å². The SMILES string of the molecule is Cl.O=C(O)c1ccc(NC(=O)[C@@H]2CCCN(C(=O)C=CC3CCNCC3)C2)cc1. The minimum Gasteiger partial charge on any atom is -0.478 e. The lowest BCUT2D eigenvalue weighted by Crippen LogP contribution is -2.43. The second-order valence-electron chi connectivity index (χ2n) is 7.44. The minimum atomic E-state index is -1.00. The lowest BCUT2D eigenvalue weighted by atomic mass is 9.96. The van der Waals surface area contributed by atoms with Crippen molar-refractivity contribution in [2.75, 3.05) is 31.5 Å². The molecule has 1 aromatic carbocycles. The molecule has 0 radical (unpaired) electrons. The van der Waals surface area contributed by atoms with E-state index in [1.54, 1.807) is 23.1 Å². The van der Waals surface area contributed by atoms with Crippen LogP contribution in [0.15, 0.2) is 36.4 Å². The number of hydrogen-bond donors (Lipinski definition) is 3. The molecule has 0 aromatic heterocycles. The number of likely N-dealkylation sites (tertiary alicyclic amines) is 1. The van der Waals surface area contributed by atoms with E-state index in [-0.39, 0.29) is 35.7 Å². The molecule has 1 atom stereocenters. The summed E-state index contributed by atoms with van der Waals surface area (Å²) in [5, 5.41) is 15.1. The van der Waals surface area contributed by atoms with Crippen LogP contribution in [0.1, 0.15) is 36.0 Å². The number of hydrogen-bond acceptors (Lipinski definition) is 4. The number of nitrogens with one attached hydrogen (secondary N) is 2. The molecule has 2 aliphatic rings. The van der Waals surface area contributed by atoms with Crippen LogP contribution in [0.4, 0.5) is 5.69 Å². The Morgan fingerprint density at radius 2 is 1.79 bits per heavy atom. The summed E-state index contributed by atoms with van der Waals surface area (Å²) in [6.07, 6.45) is 7.31. The minimum absolute atomic E-state index is 0. The number of rotatable bonds is 5. The first-order valence-electron chi connectivity index (χ1n) is 9.85. The van der Waals surface area contributed by atoms with E-state index in [9.17, 15) is 14.4 Å². The summed E-state index contributed by atoms with van der Waals surface area (Å²) in [6, 6.07) is 6.07. The standard InChI is InChI=1S/C21H27N3O4.ClH/c25-19(8-3-15-9-11-22-12-10-15)24-13-1-2-17(14-24)20(26)23-18-6-4-16(5-7-18)21(27)28;/h3-8,15,17,22H,1-2,9-14H2,(H,23,26)(H,27,28);1H/t17-;/m1./s1. The number of carboxylic acid groups (broad SMARTS) is 1. The molecular weight excluding hydrogens is 394 g/mol. The van der Waals surface area contributed by atoms with E-state index in [0.29, 0.717) is 24.7 Å². The Morgan fingerprint density at radius 3 is 2.45 bits per heavy atom. The van der Waals surface area contributed by atoms with Crippen LogP contribution in [-0.2, 0) is 9.59 Å². The Bertz CT molecular complexity index is 745. The highest BCUT2D eigenvalue weighted by Crippen LogP contribution is 2.20. The fourth-order valence-corrected chi connectivity index (χ4v) is 3.69. The number of benzene rings is 1. The fraction of sp³-hybridized carbons (Fsp3) is 0.476. The third-order valence-electron chi connectivity index (χ3n) is 5.40. The van der Waals surface area contributed by atoms with Gasteiger partial charge in [0, 0.05) is 18.8 Å². The third kappa shape index (κ3) is 6.58. The summed E-state index contributed by atoms with van der Waals surface area (Å²) in [7, 11) is 0.